The summed E-state index contributed by atoms with van der Waals surface area (Å²) in [7, 11) is 1.62. The van der Waals surface area contributed by atoms with Crippen LogP contribution in [0.4, 0.5) is 0 Å². The Morgan fingerprint density at radius 2 is 2.18 bits per heavy atom. The van der Waals surface area contributed by atoms with Crippen molar-refractivity contribution in [1.29, 1.82) is 0 Å². The molecule has 2 heterocycles. The molecule has 0 radical (unpaired) electrons. The number of rotatable bonds is 3. The molecule has 0 spiro atoms. The summed E-state index contributed by atoms with van der Waals surface area (Å²) in [4.78, 5) is 14.6. The minimum Gasteiger partial charge on any atom is -0.486 e. The number of methoxy groups -OCH3 is 1. The maximum absolute atomic E-state index is 12.9. The van der Waals surface area contributed by atoms with Crippen molar-refractivity contribution in [3.63, 3.8) is 0 Å². The highest BCUT2D eigenvalue weighted by molar-refractivity contribution is 9.10. The van der Waals surface area contributed by atoms with Crippen LogP contribution in [0.1, 0.15) is 24.4 Å². The number of ether oxygens (including phenoxy) is 2. The summed E-state index contributed by atoms with van der Waals surface area (Å²) in [5, 5.41) is 0.816. The van der Waals surface area contributed by atoms with E-state index in [0.29, 0.717) is 31.1 Å². The normalized spacial score (nSPS) is 17.3. The largest absolute Gasteiger partial charge is 0.486 e. The summed E-state index contributed by atoms with van der Waals surface area (Å²) >= 11 is 3.41. The van der Waals surface area contributed by atoms with E-state index in [0.717, 1.165) is 9.86 Å². The van der Waals surface area contributed by atoms with E-state index in [-0.39, 0.29) is 11.7 Å². The average molecular weight is 368 g/mol. The smallest absolute Gasteiger partial charge is 0.294 e. The van der Waals surface area contributed by atoms with Crippen LogP contribution < -0.4 is 4.74 Å². The van der Waals surface area contributed by atoms with Crippen molar-refractivity contribution in [1.82, 2.24) is 4.90 Å². The number of fused-ring (bicyclic) bond motifs is 3. The van der Waals surface area contributed by atoms with E-state index >= 15 is 0 Å². The monoisotopic (exact) mass is 367 g/mol. The van der Waals surface area contributed by atoms with Gasteiger partial charge in [0.15, 0.2) is 5.75 Å². The van der Waals surface area contributed by atoms with Gasteiger partial charge in [-0.05, 0) is 32.0 Å². The molecule has 1 aromatic heterocycles. The van der Waals surface area contributed by atoms with Crippen LogP contribution in [-0.4, -0.2) is 43.2 Å². The lowest BCUT2D eigenvalue weighted by atomic mass is 10.0. The Morgan fingerprint density at radius 3 is 2.91 bits per heavy atom. The van der Waals surface area contributed by atoms with E-state index in [2.05, 4.69) is 15.9 Å². The fourth-order valence-corrected chi connectivity index (χ4v) is 2.98. The molecule has 0 bridgehead atoms. The van der Waals surface area contributed by atoms with Crippen LogP contribution >= 0.6 is 15.9 Å². The van der Waals surface area contributed by atoms with E-state index in [4.69, 9.17) is 13.9 Å². The quantitative estimate of drug-likeness (QED) is 0.833. The molecule has 1 aromatic carbocycles. The Kier molecular flexibility index (Phi) is 3.91. The Balaban J connectivity index is 2.09. The summed E-state index contributed by atoms with van der Waals surface area (Å²) < 4.78 is 17.7. The summed E-state index contributed by atoms with van der Waals surface area (Å²) in [5.74, 6) is 0.622. The van der Waals surface area contributed by atoms with Gasteiger partial charge in [-0.1, -0.05) is 15.9 Å². The number of furan rings is 1. The van der Waals surface area contributed by atoms with Crippen molar-refractivity contribution in [2.45, 2.75) is 19.4 Å². The highest BCUT2D eigenvalue weighted by Gasteiger charge is 2.39. The van der Waals surface area contributed by atoms with Crippen molar-refractivity contribution < 1.29 is 18.7 Å². The van der Waals surface area contributed by atoms with Crippen molar-refractivity contribution in [2.75, 3.05) is 26.9 Å². The first-order valence-corrected chi connectivity index (χ1v) is 7.89. The van der Waals surface area contributed by atoms with Gasteiger partial charge in [-0.2, -0.15) is 0 Å². The molecule has 1 aliphatic heterocycles. The third-order valence-corrected chi connectivity index (χ3v) is 4.36. The fraction of sp³-hybridized carbons (Fsp3) is 0.438. The second kappa shape index (κ2) is 5.59. The number of hydrogen-bond donors (Lipinski definition) is 0. The molecule has 0 aliphatic carbocycles. The van der Waals surface area contributed by atoms with Gasteiger partial charge in [0, 0.05) is 18.1 Å². The number of nitrogens with zero attached hydrogens (tertiary/aromatic N) is 1. The van der Waals surface area contributed by atoms with Gasteiger partial charge in [-0.3, -0.25) is 4.79 Å². The van der Waals surface area contributed by atoms with Gasteiger partial charge in [0.05, 0.1) is 17.5 Å². The molecular weight excluding hydrogens is 350 g/mol. The molecule has 2 aromatic rings. The fourth-order valence-electron chi connectivity index (χ4n) is 2.64. The van der Waals surface area contributed by atoms with Gasteiger partial charge in [0.1, 0.15) is 12.2 Å². The summed E-state index contributed by atoms with van der Waals surface area (Å²) in [6.07, 6.45) is 0. The van der Waals surface area contributed by atoms with Crippen molar-refractivity contribution >= 4 is 32.8 Å². The topological polar surface area (TPSA) is 51.9 Å². The van der Waals surface area contributed by atoms with Crippen LogP contribution in [-0.2, 0) is 4.74 Å². The van der Waals surface area contributed by atoms with Crippen LogP contribution in [0, 0.1) is 0 Å². The zero-order valence-electron chi connectivity index (χ0n) is 12.8. The standard InChI is InChI=1S/C16H18BrNO4/c1-16(2)9-21-13-11-5-4-10(17)8-12(11)22-14(13)15(19)18(16)6-7-20-3/h4-5,8H,6-7,9H2,1-3H3. The second-order valence-electron chi connectivity index (χ2n) is 5.95. The lowest BCUT2D eigenvalue weighted by Gasteiger charge is -2.35. The lowest BCUT2D eigenvalue weighted by Crippen LogP contribution is -2.51. The van der Waals surface area contributed by atoms with Gasteiger partial charge in [0.25, 0.3) is 5.91 Å². The van der Waals surface area contributed by atoms with E-state index < -0.39 is 5.54 Å². The van der Waals surface area contributed by atoms with E-state index in [9.17, 15) is 4.79 Å². The van der Waals surface area contributed by atoms with Crippen LogP contribution in [0.3, 0.4) is 0 Å². The first-order valence-electron chi connectivity index (χ1n) is 7.10. The predicted octanol–water partition coefficient (Wildman–Crippen LogP) is 3.45. The minimum atomic E-state index is -0.432. The number of carbonyl (C=O) groups is 1. The highest BCUT2D eigenvalue weighted by Crippen LogP contribution is 2.38. The van der Waals surface area contributed by atoms with Crippen molar-refractivity contribution in [2.24, 2.45) is 0 Å². The molecule has 5 nitrogen and oxygen atoms in total. The summed E-state index contributed by atoms with van der Waals surface area (Å²) in [5.41, 5.74) is 0.206. The second-order valence-corrected chi connectivity index (χ2v) is 6.87. The predicted molar refractivity (Wildman–Crippen MR) is 86.4 cm³/mol. The molecule has 3 rings (SSSR count). The van der Waals surface area contributed by atoms with E-state index in [1.165, 1.54) is 0 Å². The van der Waals surface area contributed by atoms with Crippen LogP contribution in [0.15, 0.2) is 27.1 Å². The molecular formula is C16H18BrNO4. The first kappa shape index (κ1) is 15.4. The zero-order valence-corrected chi connectivity index (χ0v) is 14.4. The van der Waals surface area contributed by atoms with E-state index in [1.807, 2.05) is 32.0 Å². The molecule has 0 saturated heterocycles. The van der Waals surface area contributed by atoms with Crippen molar-refractivity contribution in [3.8, 4) is 5.75 Å². The zero-order chi connectivity index (χ0) is 15.9. The highest BCUT2D eigenvalue weighted by atomic mass is 79.9. The lowest BCUT2D eigenvalue weighted by molar-refractivity contribution is 0.0355. The average Bonchev–Trinajstić information content (AvgIpc) is 2.78. The maximum Gasteiger partial charge on any atom is 0.294 e. The first-order chi connectivity index (χ1) is 10.4. The van der Waals surface area contributed by atoms with Gasteiger partial charge in [-0.25, -0.2) is 0 Å². The molecule has 0 atom stereocenters. The summed E-state index contributed by atoms with van der Waals surface area (Å²) in [6, 6.07) is 5.64. The van der Waals surface area contributed by atoms with Crippen molar-refractivity contribution in [3.05, 3.63) is 28.4 Å². The number of benzene rings is 1. The maximum atomic E-state index is 12.9. The van der Waals surface area contributed by atoms with Gasteiger partial charge >= 0.3 is 0 Å². The van der Waals surface area contributed by atoms with Crippen LogP contribution in [0.25, 0.3) is 11.0 Å². The Labute approximate surface area is 137 Å². The summed E-state index contributed by atoms with van der Waals surface area (Å²) in [6.45, 7) is 5.32. The Morgan fingerprint density at radius 1 is 1.41 bits per heavy atom. The third kappa shape index (κ3) is 2.50. The Bertz CT molecular complexity index is 722. The van der Waals surface area contributed by atoms with Crippen LogP contribution in [0.5, 0.6) is 5.75 Å². The van der Waals surface area contributed by atoms with Crippen LogP contribution in [0.2, 0.25) is 0 Å². The number of halogens is 1. The molecule has 0 saturated carbocycles. The molecule has 0 fully saturated rings. The van der Waals surface area contributed by atoms with Gasteiger partial charge in [-0.15, -0.1) is 0 Å². The van der Waals surface area contributed by atoms with Gasteiger partial charge in [0.2, 0.25) is 5.76 Å². The third-order valence-electron chi connectivity index (χ3n) is 3.87. The minimum absolute atomic E-state index is 0.165. The van der Waals surface area contributed by atoms with E-state index in [1.54, 1.807) is 12.0 Å². The number of carbonyl (C=O) groups excluding carboxylic acids is 1. The number of hydrogen-bond acceptors (Lipinski definition) is 4. The Hall–Kier alpha value is -1.53. The molecule has 0 unspecified atom stereocenters. The SMILES string of the molecule is COCCN1C(=O)c2oc3cc(Br)ccc3c2OCC1(C)C. The molecule has 0 N–H and O–H groups in total. The van der Waals surface area contributed by atoms with Gasteiger partial charge < -0.3 is 18.8 Å². The molecule has 22 heavy (non-hydrogen) atoms. The number of amides is 1. The molecule has 1 amide bonds. The molecule has 6 heteroatoms. The molecule has 118 valence electrons. The molecule has 1 aliphatic rings.